The van der Waals surface area contributed by atoms with Gasteiger partial charge in [-0.2, -0.15) is 0 Å². The minimum atomic E-state index is 0.979. The van der Waals surface area contributed by atoms with E-state index in [9.17, 15) is 0 Å². The summed E-state index contributed by atoms with van der Waals surface area (Å²) in [4.78, 5) is 5.15. The number of benzene rings is 1. The quantitative estimate of drug-likeness (QED) is 0.833. The van der Waals surface area contributed by atoms with Crippen LogP contribution in [-0.4, -0.2) is 49.1 Å². The van der Waals surface area contributed by atoms with Crippen LogP contribution in [0.25, 0.3) is 0 Å². The lowest BCUT2D eigenvalue weighted by Crippen LogP contribution is -2.45. The number of hydrogen-bond donors (Lipinski definition) is 1. The molecule has 0 saturated carbocycles. The van der Waals surface area contributed by atoms with E-state index in [0.717, 1.165) is 19.6 Å². The van der Waals surface area contributed by atoms with Crippen molar-refractivity contribution in [3.8, 4) is 0 Å². The first kappa shape index (κ1) is 19.1. The van der Waals surface area contributed by atoms with Gasteiger partial charge in [-0.3, -0.25) is 4.90 Å². The van der Waals surface area contributed by atoms with Crippen molar-refractivity contribution in [2.75, 3.05) is 39.3 Å². The maximum Gasteiger partial charge on any atom is 0.0234 e. The molecular weight excluding hydrogens is 270 g/mol. The topological polar surface area (TPSA) is 18.5 Å². The Morgan fingerprint density at radius 2 is 1.41 bits per heavy atom. The molecular formula is C19H35N3. The minimum Gasteiger partial charge on any atom is -0.313 e. The third-order valence-corrected chi connectivity index (χ3v) is 4.01. The SMILES string of the molecule is CC.CCCN1CCN(Cc2ccc(CNCC)cc2)CC1. The van der Waals surface area contributed by atoms with Crippen molar-refractivity contribution in [1.29, 1.82) is 0 Å². The summed E-state index contributed by atoms with van der Waals surface area (Å²) < 4.78 is 0. The Kier molecular flexibility index (Phi) is 10.1. The molecule has 0 radical (unpaired) electrons. The van der Waals surface area contributed by atoms with Gasteiger partial charge in [-0.05, 0) is 30.6 Å². The number of nitrogens with zero attached hydrogens (tertiary/aromatic N) is 2. The van der Waals surface area contributed by atoms with Crippen LogP contribution in [0.3, 0.4) is 0 Å². The number of piperazine rings is 1. The predicted octanol–water partition coefficient (Wildman–Crippen LogP) is 3.35. The Labute approximate surface area is 137 Å². The van der Waals surface area contributed by atoms with E-state index in [-0.39, 0.29) is 0 Å². The molecule has 1 heterocycles. The lowest BCUT2D eigenvalue weighted by atomic mass is 10.1. The summed E-state index contributed by atoms with van der Waals surface area (Å²) in [5.74, 6) is 0. The summed E-state index contributed by atoms with van der Waals surface area (Å²) in [6.45, 7) is 17.6. The smallest absolute Gasteiger partial charge is 0.0234 e. The normalized spacial score (nSPS) is 16.2. The van der Waals surface area contributed by atoms with Crippen molar-refractivity contribution < 1.29 is 0 Å². The van der Waals surface area contributed by atoms with Crippen molar-refractivity contribution in [3.05, 3.63) is 35.4 Å². The Bertz CT molecular complexity index is 367. The van der Waals surface area contributed by atoms with Crippen LogP contribution in [0.2, 0.25) is 0 Å². The number of hydrogen-bond acceptors (Lipinski definition) is 3. The van der Waals surface area contributed by atoms with Crippen LogP contribution in [0, 0.1) is 0 Å². The van der Waals surface area contributed by atoms with Crippen LogP contribution in [0.5, 0.6) is 0 Å². The van der Waals surface area contributed by atoms with Crippen LogP contribution in [0.1, 0.15) is 45.2 Å². The van der Waals surface area contributed by atoms with Crippen LogP contribution in [0.15, 0.2) is 24.3 Å². The Balaban J connectivity index is 0.00000116. The van der Waals surface area contributed by atoms with E-state index in [1.165, 1.54) is 50.3 Å². The summed E-state index contributed by atoms with van der Waals surface area (Å²) in [5.41, 5.74) is 2.82. The molecule has 2 rings (SSSR count). The summed E-state index contributed by atoms with van der Waals surface area (Å²) in [5, 5.41) is 3.37. The Hall–Kier alpha value is -0.900. The lowest BCUT2D eigenvalue weighted by molar-refractivity contribution is 0.127. The van der Waals surface area contributed by atoms with Gasteiger partial charge in [-0.1, -0.05) is 52.0 Å². The van der Waals surface area contributed by atoms with Gasteiger partial charge in [0.25, 0.3) is 0 Å². The van der Waals surface area contributed by atoms with Crippen LogP contribution < -0.4 is 5.32 Å². The van der Waals surface area contributed by atoms with Crippen molar-refractivity contribution in [3.63, 3.8) is 0 Å². The molecule has 3 nitrogen and oxygen atoms in total. The first-order chi connectivity index (χ1) is 10.8. The highest BCUT2D eigenvalue weighted by Crippen LogP contribution is 2.10. The van der Waals surface area contributed by atoms with Crippen molar-refractivity contribution >= 4 is 0 Å². The van der Waals surface area contributed by atoms with Crippen molar-refractivity contribution in [1.82, 2.24) is 15.1 Å². The van der Waals surface area contributed by atoms with Gasteiger partial charge < -0.3 is 10.2 Å². The highest BCUT2D eigenvalue weighted by molar-refractivity contribution is 5.22. The molecule has 0 atom stereocenters. The summed E-state index contributed by atoms with van der Waals surface area (Å²) >= 11 is 0. The van der Waals surface area contributed by atoms with Crippen LogP contribution >= 0.6 is 0 Å². The molecule has 1 aliphatic heterocycles. The van der Waals surface area contributed by atoms with E-state index in [0.29, 0.717) is 0 Å². The molecule has 0 bridgehead atoms. The first-order valence-corrected chi connectivity index (χ1v) is 9.05. The van der Waals surface area contributed by atoms with Gasteiger partial charge in [0, 0.05) is 39.3 Å². The molecule has 1 aromatic carbocycles. The molecule has 1 fully saturated rings. The third kappa shape index (κ3) is 6.91. The molecule has 0 aromatic heterocycles. The van der Waals surface area contributed by atoms with E-state index in [1.54, 1.807) is 0 Å². The van der Waals surface area contributed by atoms with Gasteiger partial charge in [0.05, 0.1) is 0 Å². The summed E-state index contributed by atoms with van der Waals surface area (Å²) in [6, 6.07) is 9.08. The Morgan fingerprint density at radius 3 is 1.95 bits per heavy atom. The third-order valence-electron chi connectivity index (χ3n) is 4.01. The highest BCUT2D eigenvalue weighted by Gasteiger charge is 2.15. The second-order valence-electron chi connectivity index (χ2n) is 5.71. The van der Waals surface area contributed by atoms with Crippen molar-refractivity contribution in [2.24, 2.45) is 0 Å². The van der Waals surface area contributed by atoms with E-state index >= 15 is 0 Å². The van der Waals surface area contributed by atoms with Gasteiger partial charge in [0.1, 0.15) is 0 Å². The second-order valence-corrected chi connectivity index (χ2v) is 5.71. The zero-order chi connectivity index (χ0) is 16.2. The van der Waals surface area contributed by atoms with Gasteiger partial charge >= 0.3 is 0 Å². The fraction of sp³-hybridized carbons (Fsp3) is 0.684. The molecule has 0 aliphatic carbocycles. The van der Waals surface area contributed by atoms with E-state index in [4.69, 9.17) is 0 Å². The van der Waals surface area contributed by atoms with Gasteiger partial charge in [-0.25, -0.2) is 0 Å². The molecule has 3 heteroatoms. The maximum absolute atomic E-state index is 3.37. The fourth-order valence-electron chi connectivity index (χ4n) is 2.78. The molecule has 1 N–H and O–H groups in total. The molecule has 1 aliphatic rings. The molecule has 0 spiro atoms. The van der Waals surface area contributed by atoms with Gasteiger partial charge in [0.2, 0.25) is 0 Å². The van der Waals surface area contributed by atoms with E-state index in [1.807, 2.05) is 13.8 Å². The van der Waals surface area contributed by atoms with Crippen molar-refractivity contribution in [2.45, 2.75) is 47.2 Å². The molecule has 0 amide bonds. The molecule has 1 saturated heterocycles. The maximum atomic E-state index is 3.37. The second kappa shape index (κ2) is 11.6. The lowest BCUT2D eigenvalue weighted by Gasteiger charge is -2.34. The molecule has 22 heavy (non-hydrogen) atoms. The van der Waals surface area contributed by atoms with Crippen LogP contribution in [0.4, 0.5) is 0 Å². The van der Waals surface area contributed by atoms with Crippen LogP contribution in [-0.2, 0) is 13.1 Å². The zero-order valence-corrected chi connectivity index (χ0v) is 15.1. The highest BCUT2D eigenvalue weighted by atomic mass is 15.3. The predicted molar refractivity (Wildman–Crippen MR) is 97.2 cm³/mol. The molecule has 126 valence electrons. The van der Waals surface area contributed by atoms with E-state index < -0.39 is 0 Å². The average Bonchev–Trinajstić information content (AvgIpc) is 2.58. The van der Waals surface area contributed by atoms with E-state index in [2.05, 4.69) is 53.2 Å². The summed E-state index contributed by atoms with van der Waals surface area (Å²) in [7, 11) is 0. The standard InChI is InChI=1S/C17H29N3.C2H6/c1-3-9-19-10-12-20(13-11-19)15-17-7-5-16(6-8-17)14-18-4-2;1-2/h5-8,18H,3-4,9-15H2,1-2H3;1-2H3. The number of nitrogens with one attached hydrogen (secondary N) is 1. The zero-order valence-electron chi connectivity index (χ0n) is 15.1. The minimum absolute atomic E-state index is 0.979. The Morgan fingerprint density at radius 1 is 0.864 bits per heavy atom. The van der Waals surface area contributed by atoms with Gasteiger partial charge in [-0.15, -0.1) is 0 Å². The number of rotatable bonds is 7. The average molecular weight is 306 g/mol. The monoisotopic (exact) mass is 305 g/mol. The summed E-state index contributed by atoms with van der Waals surface area (Å²) in [6.07, 6.45) is 1.27. The molecule has 1 aromatic rings. The first-order valence-electron chi connectivity index (χ1n) is 9.05. The van der Waals surface area contributed by atoms with Gasteiger partial charge in [0.15, 0.2) is 0 Å². The fourth-order valence-corrected chi connectivity index (χ4v) is 2.78. The largest absolute Gasteiger partial charge is 0.313 e. The molecule has 0 unspecified atom stereocenters.